The molecule has 140 valence electrons. The maximum Gasteiger partial charge on any atom is 0.335 e. The number of rotatable bonds is 8. The lowest BCUT2D eigenvalue weighted by atomic mass is 10.1. The standard InChI is InChI=1S/C19H20N4O3S/c1-27-10-8-15(18-22-21-16-7-2-3-9-23(16)18)20-17(24)12-13-5-4-6-14(11-13)19(25)26/h2-7,9,11,15H,8,10,12H2,1H3,(H,20,24)(H,25,26). The second kappa shape index (κ2) is 8.68. The lowest BCUT2D eigenvalue weighted by Crippen LogP contribution is -2.31. The zero-order valence-corrected chi connectivity index (χ0v) is 15.6. The van der Waals surface area contributed by atoms with Crippen LogP contribution >= 0.6 is 11.8 Å². The highest BCUT2D eigenvalue weighted by Gasteiger charge is 2.20. The molecule has 0 aliphatic heterocycles. The highest BCUT2D eigenvalue weighted by molar-refractivity contribution is 7.98. The van der Waals surface area contributed by atoms with Gasteiger partial charge < -0.3 is 10.4 Å². The van der Waals surface area contributed by atoms with Crippen molar-refractivity contribution in [2.45, 2.75) is 18.9 Å². The number of carboxylic acid groups (broad SMARTS) is 1. The number of thioether (sulfide) groups is 1. The summed E-state index contributed by atoms with van der Waals surface area (Å²) in [6.45, 7) is 0. The van der Waals surface area contributed by atoms with Crippen molar-refractivity contribution in [2.24, 2.45) is 0 Å². The molecule has 0 bridgehead atoms. The molecular formula is C19H20N4O3S. The number of pyridine rings is 1. The Morgan fingerprint density at radius 3 is 2.85 bits per heavy atom. The molecule has 3 rings (SSSR count). The minimum Gasteiger partial charge on any atom is -0.478 e. The molecule has 27 heavy (non-hydrogen) atoms. The SMILES string of the molecule is CSCCC(NC(=O)Cc1cccc(C(=O)O)c1)c1nnc2ccccn12. The maximum absolute atomic E-state index is 12.6. The topological polar surface area (TPSA) is 96.6 Å². The first-order chi connectivity index (χ1) is 13.1. The molecule has 7 nitrogen and oxygen atoms in total. The second-order valence-corrected chi connectivity index (χ2v) is 7.06. The third-order valence-corrected chi connectivity index (χ3v) is 4.78. The summed E-state index contributed by atoms with van der Waals surface area (Å²) in [6, 6.07) is 11.8. The molecular weight excluding hydrogens is 364 g/mol. The molecule has 0 saturated carbocycles. The van der Waals surface area contributed by atoms with Crippen LogP contribution in [0.2, 0.25) is 0 Å². The van der Waals surface area contributed by atoms with Crippen LogP contribution in [-0.4, -0.2) is 43.6 Å². The number of nitrogens with one attached hydrogen (secondary N) is 1. The van der Waals surface area contributed by atoms with Gasteiger partial charge in [-0.25, -0.2) is 4.79 Å². The molecule has 1 atom stereocenters. The third kappa shape index (κ3) is 4.65. The number of hydrogen-bond donors (Lipinski definition) is 2. The van der Waals surface area contributed by atoms with Gasteiger partial charge in [0, 0.05) is 6.20 Å². The fraction of sp³-hybridized carbons (Fsp3) is 0.263. The van der Waals surface area contributed by atoms with Crippen LogP contribution in [0.1, 0.15) is 34.2 Å². The van der Waals surface area contributed by atoms with Crippen LogP contribution in [0.3, 0.4) is 0 Å². The van der Waals surface area contributed by atoms with Crippen LogP contribution in [0.15, 0.2) is 48.7 Å². The van der Waals surface area contributed by atoms with E-state index in [9.17, 15) is 9.59 Å². The zero-order chi connectivity index (χ0) is 19.2. The fourth-order valence-electron chi connectivity index (χ4n) is 2.84. The lowest BCUT2D eigenvalue weighted by molar-refractivity contribution is -0.121. The molecule has 3 aromatic rings. The molecule has 2 heterocycles. The Kier molecular flexibility index (Phi) is 6.08. The van der Waals surface area contributed by atoms with E-state index >= 15 is 0 Å². The molecule has 1 aromatic carbocycles. The predicted molar refractivity (Wildman–Crippen MR) is 104 cm³/mol. The molecule has 0 fully saturated rings. The molecule has 0 saturated heterocycles. The number of aromatic nitrogens is 3. The molecule has 1 unspecified atom stereocenters. The normalized spacial score (nSPS) is 12.0. The highest BCUT2D eigenvalue weighted by Crippen LogP contribution is 2.18. The first kappa shape index (κ1) is 18.9. The summed E-state index contributed by atoms with van der Waals surface area (Å²) in [4.78, 5) is 23.7. The smallest absolute Gasteiger partial charge is 0.335 e. The van der Waals surface area contributed by atoms with Crippen molar-refractivity contribution < 1.29 is 14.7 Å². The monoisotopic (exact) mass is 384 g/mol. The number of aromatic carboxylic acids is 1. The Morgan fingerprint density at radius 2 is 2.07 bits per heavy atom. The molecule has 0 aliphatic carbocycles. The zero-order valence-electron chi connectivity index (χ0n) is 14.8. The predicted octanol–water partition coefficient (Wildman–Crippen LogP) is 2.58. The van der Waals surface area contributed by atoms with Gasteiger partial charge in [0.25, 0.3) is 0 Å². The van der Waals surface area contributed by atoms with Gasteiger partial charge in [-0.05, 0) is 48.3 Å². The Labute approximate surface area is 160 Å². The van der Waals surface area contributed by atoms with E-state index in [2.05, 4.69) is 15.5 Å². The summed E-state index contributed by atoms with van der Waals surface area (Å²) in [5, 5.41) is 20.5. The Balaban J connectivity index is 1.77. The van der Waals surface area contributed by atoms with Gasteiger partial charge in [0.2, 0.25) is 5.91 Å². The van der Waals surface area contributed by atoms with Crippen molar-refractivity contribution in [1.82, 2.24) is 19.9 Å². The fourth-order valence-corrected chi connectivity index (χ4v) is 3.32. The summed E-state index contributed by atoms with van der Waals surface area (Å²) in [7, 11) is 0. The van der Waals surface area contributed by atoms with Crippen LogP contribution in [0.5, 0.6) is 0 Å². The van der Waals surface area contributed by atoms with Crippen LogP contribution in [0, 0.1) is 0 Å². The van der Waals surface area contributed by atoms with Crippen molar-refractivity contribution in [3.05, 3.63) is 65.6 Å². The minimum absolute atomic E-state index is 0.105. The van der Waals surface area contributed by atoms with Gasteiger partial charge in [-0.3, -0.25) is 9.20 Å². The number of amides is 1. The quantitative estimate of drug-likeness (QED) is 0.620. The van der Waals surface area contributed by atoms with E-state index in [-0.39, 0.29) is 23.9 Å². The number of carbonyl (C=O) groups is 2. The Hall–Kier alpha value is -2.87. The van der Waals surface area contributed by atoms with Crippen LogP contribution in [0.4, 0.5) is 0 Å². The summed E-state index contributed by atoms with van der Waals surface area (Å²) in [6.07, 6.45) is 4.71. The molecule has 2 aromatic heterocycles. The van der Waals surface area contributed by atoms with E-state index in [4.69, 9.17) is 5.11 Å². The van der Waals surface area contributed by atoms with E-state index in [0.717, 1.165) is 17.8 Å². The van der Waals surface area contributed by atoms with Gasteiger partial charge in [0.1, 0.15) is 0 Å². The Morgan fingerprint density at radius 1 is 1.22 bits per heavy atom. The van der Waals surface area contributed by atoms with Crippen LogP contribution in [0.25, 0.3) is 5.65 Å². The van der Waals surface area contributed by atoms with Gasteiger partial charge in [-0.15, -0.1) is 10.2 Å². The molecule has 1 amide bonds. The van der Waals surface area contributed by atoms with Crippen LogP contribution < -0.4 is 5.32 Å². The van der Waals surface area contributed by atoms with Gasteiger partial charge in [0.05, 0.1) is 18.0 Å². The van der Waals surface area contributed by atoms with E-state index in [1.165, 1.54) is 12.1 Å². The molecule has 0 spiro atoms. The third-order valence-electron chi connectivity index (χ3n) is 4.14. The molecule has 0 aliphatic rings. The first-order valence-corrected chi connectivity index (χ1v) is 9.88. The summed E-state index contributed by atoms with van der Waals surface area (Å²) in [5.41, 5.74) is 1.55. The summed E-state index contributed by atoms with van der Waals surface area (Å²) >= 11 is 1.69. The van der Waals surface area contributed by atoms with Gasteiger partial charge in [0.15, 0.2) is 11.5 Å². The number of carboxylic acids is 1. The van der Waals surface area contributed by atoms with Crippen molar-refractivity contribution >= 4 is 29.3 Å². The molecule has 0 radical (unpaired) electrons. The largest absolute Gasteiger partial charge is 0.478 e. The van der Waals surface area contributed by atoms with Gasteiger partial charge in [-0.1, -0.05) is 18.2 Å². The van der Waals surface area contributed by atoms with Crippen molar-refractivity contribution in [1.29, 1.82) is 0 Å². The van der Waals surface area contributed by atoms with Crippen molar-refractivity contribution in [3.8, 4) is 0 Å². The summed E-state index contributed by atoms with van der Waals surface area (Å²) in [5.74, 6) is 0.356. The number of nitrogens with zero attached hydrogens (tertiary/aromatic N) is 3. The Bertz CT molecular complexity index is 957. The van der Waals surface area contributed by atoms with E-state index < -0.39 is 5.97 Å². The van der Waals surface area contributed by atoms with Gasteiger partial charge >= 0.3 is 5.97 Å². The number of carbonyl (C=O) groups excluding carboxylic acids is 1. The molecule has 8 heteroatoms. The van der Waals surface area contributed by atoms with Crippen molar-refractivity contribution in [3.63, 3.8) is 0 Å². The van der Waals surface area contributed by atoms with E-state index in [1.54, 1.807) is 23.9 Å². The first-order valence-electron chi connectivity index (χ1n) is 8.48. The van der Waals surface area contributed by atoms with Gasteiger partial charge in [-0.2, -0.15) is 11.8 Å². The average Bonchev–Trinajstić information content (AvgIpc) is 3.09. The highest BCUT2D eigenvalue weighted by atomic mass is 32.2. The lowest BCUT2D eigenvalue weighted by Gasteiger charge is -2.17. The molecule has 2 N–H and O–H groups in total. The number of fused-ring (bicyclic) bond motifs is 1. The number of hydrogen-bond acceptors (Lipinski definition) is 5. The minimum atomic E-state index is -1.01. The maximum atomic E-state index is 12.6. The van der Waals surface area contributed by atoms with E-state index in [0.29, 0.717) is 11.4 Å². The van der Waals surface area contributed by atoms with Crippen molar-refractivity contribution in [2.75, 3.05) is 12.0 Å². The summed E-state index contributed by atoms with van der Waals surface area (Å²) < 4.78 is 1.87. The second-order valence-electron chi connectivity index (χ2n) is 6.07. The number of benzene rings is 1. The van der Waals surface area contributed by atoms with Crippen LogP contribution in [-0.2, 0) is 11.2 Å². The average molecular weight is 384 g/mol. The van der Waals surface area contributed by atoms with E-state index in [1.807, 2.05) is 35.1 Å².